The first kappa shape index (κ1) is 15.0. The Bertz CT molecular complexity index is 421. The van der Waals surface area contributed by atoms with E-state index in [9.17, 15) is 4.79 Å². The van der Waals surface area contributed by atoms with Crippen molar-refractivity contribution in [2.45, 2.75) is 46.0 Å². The highest BCUT2D eigenvalue weighted by Crippen LogP contribution is 2.31. The van der Waals surface area contributed by atoms with Crippen molar-refractivity contribution in [1.29, 1.82) is 0 Å². The quantitative estimate of drug-likeness (QED) is 0.771. The minimum absolute atomic E-state index is 0.103. The molecule has 1 aliphatic carbocycles. The molecule has 0 atom stereocenters. The molecule has 19 heavy (non-hydrogen) atoms. The topological polar surface area (TPSA) is 29.1 Å². The Morgan fingerprint density at radius 1 is 1.42 bits per heavy atom. The summed E-state index contributed by atoms with van der Waals surface area (Å²) in [6, 6.07) is 2.09. The molecule has 0 radical (unpaired) electrons. The van der Waals surface area contributed by atoms with Gasteiger partial charge < -0.3 is 5.32 Å². The molecule has 106 valence electrons. The fraction of sp³-hybridized carbons (Fsp3) is 0.667. The smallest absolute Gasteiger partial charge is 0.261 e. The highest BCUT2D eigenvalue weighted by molar-refractivity contribution is 9.09. The van der Waals surface area contributed by atoms with E-state index in [4.69, 9.17) is 0 Å². The van der Waals surface area contributed by atoms with E-state index in [2.05, 4.69) is 41.2 Å². The van der Waals surface area contributed by atoms with Crippen LogP contribution in [0.2, 0.25) is 0 Å². The van der Waals surface area contributed by atoms with Gasteiger partial charge in [0, 0.05) is 16.8 Å². The molecule has 1 N–H and O–H groups in total. The Morgan fingerprint density at radius 3 is 2.74 bits per heavy atom. The van der Waals surface area contributed by atoms with E-state index in [0.29, 0.717) is 0 Å². The van der Waals surface area contributed by atoms with Crippen LogP contribution >= 0.6 is 27.3 Å². The Kier molecular flexibility index (Phi) is 5.07. The zero-order chi connectivity index (χ0) is 13.9. The van der Waals surface area contributed by atoms with E-state index in [-0.39, 0.29) is 11.3 Å². The summed E-state index contributed by atoms with van der Waals surface area (Å²) in [4.78, 5) is 14.5. The van der Waals surface area contributed by atoms with E-state index in [1.54, 1.807) is 11.3 Å². The van der Waals surface area contributed by atoms with Gasteiger partial charge in [-0.1, -0.05) is 29.8 Å². The lowest BCUT2D eigenvalue weighted by atomic mass is 9.84. The molecular weight excluding hydrogens is 322 g/mol. The first-order valence-electron chi connectivity index (χ1n) is 7.10. The summed E-state index contributed by atoms with van der Waals surface area (Å²) in [5.74, 6) is 0.103. The average Bonchev–Trinajstić information content (AvgIpc) is 3.01. The fourth-order valence-electron chi connectivity index (χ4n) is 2.53. The third-order valence-electron chi connectivity index (χ3n) is 4.38. The lowest BCUT2D eigenvalue weighted by Crippen LogP contribution is -2.37. The number of aryl methyl sites for hydroxylation is 2. The standard InChI is InChI=1S/C15H22BrNOS/c1-3-15(4-2,9-16)10-17-14(18)13-8-11-6-5-7-12(11)19-13/h8H,3-7,9-10H2,1-2H3,(H,17,18). The first-order chi connectivity index (χ1) is 9.14. The largest absolute Gasteiger partial charge is 0.351 e. The molecule has 4 heteroatoms. The summed E-state index contributed by atoms with van der Waals surface area (Å²) < 4.78 is 0. The summed E-state index contributed by atoms with van der Waals surface area (Å²) in [6.45, 7) is 5.14. The van der Waals surface area contributed by atoms with Crippen molar-refractivity contribution < 1.29 is 4.79 Å². The molecule has 1 aromatic heterocycles. The van der Waals surface area contributed by atoms with Gasteiger partial charge in [-0.25, -0.2) is 0 Å². The van der Waals surface area contributed by atoms with Crippen LogP contribution in [0, 0.1) is 5.41 Å². The van der Waals surface area contributed by atoms with Crippen LogP contribution in [-0.4, -0.2) is 17.8 Å². The van der Waals surface area contributed by atoms with Crippen LogP contribution in [0.3, 0.4) is 0 Å². The predicted octanol–water partition coefficient (Wildman–Crippen LogP) is 4.17. The summed E-state index contributed by atoms with van der Waals surface area (Å²) in [5.41, 5.74) is 1.59. The van der Waals surface area contributed by atoms with Crippen molar-refractivity contribution in [2.24, 2.45) is 5.41 Å². The van der Waals surface area contributed by atoms with Gasteiger partial charge in [0.1, 0.15) is 0 Å². The Balaban J connectivity index is 1.97. The second-order valence-corrected chi connectivity index (χ2v) is 7.13. The van der Waals surface area contributed by atoms with E-state index in [0.717, 1.165) is 42.4 Å². The second kappa shape index (κ2) is 6.40. The molecule has 0 aromatic carbocycles. The minimum atomic E-state index is 0.103. The Hall–Kier alpha value is -0.350. The molecular formula is C15H22BrNOS. The maximum Gasteiger partial charge on any atom is 0.261 e. The Labute approximate surface area is 128 Å². The third kappa shape index (κ3) is 3.22. The monoisotopic (exact) mass is 343 g/mol. The zero-order valence-electron chi connectivity index (χ0n) is 11.7. The van der Waals surface area contributed by atoms with Crippen molar-refractivity contribution in [3.8, 4) is 0 Å². The molecule has 0 unspecified atom stereocenters. The van der Waals surface area contributed by atoms with Crippen molar-refractivity contribution in [2.75, 3.05) is 11.9 Å². The number of alkyl halides is 1. The van der Waals surface area contributed by atoms with Crippen LogP contribution in [0.1, 0.15) is 53.2 Å². The number of hydrogen-bond acceptors (Lipinski definition) is 2. The fourth-order valence-corrected chi connectivity index (χ4v) is 4.69. The maximum absolute atomic E-state index is 12.2. The van der Waals surface area contributed by atoms with Crippen molar-refractivity contribution in [3.05, 3.63) is 21.4 Å². The number of fused-ring (bicyclic) bond motifs is 1. The van der Waals surface area contributed by atoms with Crippen molar-refractivity contribution in [3.63, 3.8) is 0 Å². The predicted molar refractivity (Wildman–Crippen MR) is 85.5 cm³/mol. The number of rotatable bonds is 6. The second-order valence-electron chi connectivity index (χ2n) is 5.44. The third-order valence-corrected chi connectivity index (χ3v) is 6.80. The molecule has 1 heterocycles. The molecule has 0 bridgehead atoms. The maximum atomic E-state index is 12.2. The number of hydrogen-bond donors (Lipinski definition) is 1. The zero-order valence-corrected chi connectivity index (χ0v) is 14.1. The molecule has 0 spiro atoms. The molecule has 1 aliphatic rings. The highest BCUT2D eigenvalue weighted by Gasteiger charge is 2.26. The minimum Gasteiger partial charge on any atom is -0.351 e. The Morgan fingerprint density at radius 2 is 2.16 bits per heavy atom. The lowest BCUT2D eigenvalue weighted by Gasteiger charge is -2.29. The molecule has 0 saturated heterocycles. The summed E-state index contributed by atoms with van der Waals surface area (Å²) in [6.07, 6.45) is 5.71. The van der Waals surface area contributed by atoms with Gasteiger partial charge >= 0.3 is 0 Å². The van der Waals surface area contributed by atoms with Crippen LogP contribution in [0.15, 0.2) is 6.07 Å². The van der Waals surface area contributed by atoms with Crippen LogP contribution in [0.4, 0.5) is 0 Å². The van der Waals surface area contributed by atoms with Gasteiger partial charge in [-0.05, 0) is 49.1 Å². The number of carbonyl (C=O) groups excluding carboxylic acids is 1. The van der Waals surface area contributed by atoms with Crippen LogP contribution < -0.4 is 5.32 Å². The number of amides is 1. The molecule has 0 aliphatic heterocycles. The molecule has 2 nitrogen and oxygen atoms in total. The van der Waals surface area contributed by atoms with Crippen molar-refractivity contribution in [1.82, 2.24) is 5.32 Å². The summed E-state index contributed by atoms with van der Waals surface area (Å²) in [7, 11) is 0. The van der Waals surface area contributed by atoms with Gasteiger partial charge in [0.15, 0.2) is 0 Å². The molecule has 2 rings (SSSR count). The van der Waals surface area contributed by atoms with Gasteiger partial charge in [0.2, 0.25) is 0 Å². The van der Waals surface area contributed by atoms with Gasteiger partial charge in [-0.3, -0.25) is 4.79 Å². The van der Waals surface area contributed by atoms with Gasteiger partial charge in [-0.15, -0.1) is 11.3 Å². The van der Waals surface area contributed by atoms with E-state index < -0.39 is 0 Å². The molecule has 1 amide bonds. The number of halogens is 1. The van der Waals surface area contributed by atoms with E-state index >= 15 is 0 Å². The van der Waals surface area contributed by atoms with Crippen LogP contribution in [0.5, 0.6) is 0 Å². The van der Waals surface area contributed by atoms with E-state index in [1.165, 1.54) is 16.9 Å². The molecule has 1 aromatic rings. The van der Waals surface area contributed by atoms with Crippen molar-refractivity contribution >= 4 is 33.2 Å². The summed E-state index contributed by atoms with van der Waals surface area (Å²) >= 11 is 5.27. The average molecular weight is 344 g/mol. The normalized spacial score (nSPS) is 14.5. The summed E-state index contributed by atoms with van der Waals surface area (Å²) in [5, 5.41) is 4.06. The van der Waals surface area contributed by atoms with Crippen LogP contribution in [-0.2, 0) is 12.8 Å². The van der Waals surface area contributed by atoms with Gasteiger partial charge in [-0.2, -0.15) is 0 Å². The lowest BCUT2D eigenvalue weighted by molar-refractivity contribution is 0.0936. The highest BCUT2D eigenvalue weighted by atomic mass is 79.9. The number of nitrogens with one attached hydrogen (secondary N) is 1. The van der Waals surface area contributed by atoms with Gasteiger partial charge in [0.05, 0.1) is 4.88 Å². The molecule has 0 fully saturated rings. The van der Waals surface area contributed by atoms with Crippen LogP contribution in [0.25, 0.3) is 0 Å². The number of carbonyl (C=O) groups is 1. The number of thiophene rings is 1. The van der Waals surface area contributed by atoms with Gasteiger partial charge in [0.25, 0.3) is 5.91 Å². The van der Waals surface area contributed by atoms with E-state index in [1.807, 2.05) is 0 Å². The first-order valence-corrected chi connectivity index (χ1v) is 9.03. The SMILES string of the molecule is CCC(CC)(CBr)CNC(=O)c1cc2c(s1)CCC2. The molecule has 0 saturated carbocycles.